The molecule has 136 valence electrons. The fraction of sp³-hybridized carbons (Fsp3) is 0.167. The van der Waals surface area contributed by atoms with Crippen LogP contribution in [0.2, 0.25) is 0 Å². The average molecular weight is 377 g/mol. The van der Waals surface area contributed by atoms with Crippen LogP contribution in [0.4, 0.5) is 8.78 Å². The van der Waals surface area contributed by atoms with Gasteiger partial charge in [-0.1, -0.05) is 12.1 Å². The molecule has 0 radical (unpaired) electrons. The molecule has 0 aliphatic carbocycles. The van der Waals surface area contributed by atoms with Gasteiger partial charge in [0.25, 0.3) is 0 Å². The lowest BCUT2D eigenvalue weighted by Crippen LogP contribution is -2.18. The standard InChI is InChI=1S/C18H17F2N3O2S/c1-21-26(24,25)13-7-6-12(8-15-16(19)4-3-5-17(15)20)14(9-13)18-10-23(2)11-22-18/h3-7,9-11,21H,8H2,1-2H3. The minimum absolute atomic E-state index is 0.0235. The van der Waals surface area contributed by atoms with Gasteiger partial charge in [-0.25, -0.2) is 26.9 Å². The first-order chi connectivity index (χ1) is 12.3. The van der Waals surface area contributed by atoms with E-state index in [1.54, 1.807) is 30.2 Å². The van der Waals surface area contributed by atoms with Crippen molar-refractivity contribution in [3.05, 3.63) is 71.7 Å². The molecule has 0 fully saturated rings. The molecule has 0 saturated heterocycles. The van der Waals surface area contributed by atoms with Crippen LogP contribution in [0, 0.1) is 11.6 Å². The molecule has 0 amide bonds. The van der Waals surface area contributed by atoms with E-state index in [-0.39, 0.29) is 16.9 Å². The first-order valence-electron chi connectivity index (χ1n) is 7.79. The monoisotopic (exact) mass is 377 g/mol. The van der Waals surface area contributed by atoms with E-state index < -0.39 is 21.7 Å². The molecular weight excluding hydrogens is 360 g/mol. The Bertz CT molecular complexity index is 1040. The first-order valence-corrected chi connectivity index (χ1v) is 9.28. The highest BCUT2D eigenvalue weighted by molar-refractivity contribution is 7.89. The highest BCUT2D eigenvalue weighted by Gasteiger charge is 2.18. The van der Waals surface area contributed by atoms with Crippen LogP contribution in [-0.2, 0) is 23.5 Å². The van der Waals surface area contributed by atoms with Gasteiger partial charge in [0.2, 0.25) is 10.0 Å². The van der Waals surface area contributed by atoms with Crippen LogP contribution in [0.1, 0.15) is 11.1 Å². The normalized spacial score (nSPS) is 11.7. The van der Waals surface area contributed by atoms with Gasteiger partial charge in [-0.05, 0) is 36.9 Å². The van der Waals surface area contributed by atoms with Crippen LogP contribution < -0.4 is 4.72 Å². The second kappa shape index (κ2) is 6.97. The van der Waals surface area contributed by atoms with E-state index >= 15 is 0 Å². The van der Waals surface area contributed by atoms with Crippen molar-refractivity contribution in [2.45, 2.75) is 11.3 Å². The van der Waals surface area contributed by atoms with Crippen molar-refractivity contribution in [2.75, 3.05) is 7.05 Å². The number of halogens is 2. The van der Waals surface area contributed by atoms with Crippen LogP contribution >= 0.6 is 0 Å². The largest absolute Gasteiger partial charge is 0.340 e. The number of hydrogen-bond donors (Lipinski definition) is 1. The van der Waals surface area contributed by atoms with Crippen LogP contribution in [-0.4, -0.2) is 25.0 Å². The van der Waals surface area contributed by atoms with Crippen molar-refractivity contribution in [3.8, 4) is 11.3 Å². The number of nitrogens with zero attached hydrogens (tertiary/aromatic N) is 2. The number of nitrogens with one attached hydrogen (secondary N) is 1. The van der Waals surface area contributed by atoms with Crippen molar-refractivity contribution in [3.63, 3.8) is 0 Å². The summed E-state index contributed by atoms with van der Waals surface area (Å²) in [6, 6.07) is 8.11. The fourth-order valence-electron chi connectivity index (χ4n) is 2.68. The number of benzene rings is 2. The van der Waals surface area contributed by atoms with E-state index in [4.69, 9.17) is 0 Å². The van der Waals surface area contributed by atoms with Gasteiger partial charge in [0, 0.05) is 30.8 Å². The highest BCUT2D eigenvalue weighted by Crippen LogP contribution is 2.28. The number of aryl methyl sites for hydroxylation is 1. The zero-order valence-electron chi connectivity index (χ0n) is 14.2. The molecule has 2 aromatic carbocycles. The van der Waals surface area contributed by atoms with E-state index in [2.05, 4.69) is 9.71 Å². The number of imidazole rings is 1. The molecule has 1 aromatic heterocycles. The first kappa shape index (κ1) is 18.2. The fourth-order valence-corrected chi connectivity index (χ4v) is 3.43. The van der Waals surface area contributed by atoms with E-state index in [1.165, 1.54) is 37.4 Å². The summed E-state index contributed by atoms with van der Waals surface area (Å²) < 4.78 is 56.3. The van der Waals surface area contributed by atoms with Gasteiger partial charge in [-0.15, -0.1) is 0 Å². The topological polar surface area (TPSA) is 64.0 Å². The number of aromatic nitrogens is 2. The van der Waals surface area contributed by atoms with Crippen molar-refractivity contribution in [1.82, 2.24) is 14.3 Å². The predicted octanol–water partition coefficient (Wildman–Crippen LogP) is 2.86. The quantitative estimate of drug-likeness (QED) is 0.744. The van der Waals surface area contributed by atoms with Crippen LogP contribution in [0.25, 0.3) is 11.3 Å². The summed E-state index contributed by atoms with van der Waals surface area (Å²) in [6.45, 7) is 0. The van der Waals surface area contributed by atoms with Crippen LogP contribution in [0.5, 0.6) is 0 Å². The Balaban J connectivity index is 2.16. The minimum atomic E-state index is -3.66. The van der Waals surface area contributed by atoms with Crippen molar-refractivity contribution < 1.29 is 17.2 Å². The summed E-state index contributed by atoms with van der Waals surface area (Å²) in [7, 11) is -0.564. The molecule has 0 spiro atoms. The molecule has 3 aromatic rings. The summed E-state index contributed by atoms with van der Waals surface area (Å²) in [6.07, 6.45) is 3.26. The van der Waals surface area contributed by atoms with Gasteiger partial charge in [0.15, 0.2) is 0 Å². The van der Waals surface area contributed by atoms with Gasteiger partial charge in [-0.3, -0.25) is 0 Å². The number of rotatable bonds is 5. The van der Waals surface area contributed by atoms with E-state index in [0.717, 1.165) is 0 Å². The lowest BCUT2D eigenvalue weighted by atomic mass is 9.97. The smallest absolute Gasteiger partial charge is 0.240 e. The maximum Gasteiger partial charge on any atom is 0.240 e. The Morgan fingerprint density at radius 2 is 1.85 bits per heavy atom. The van der Waals surface area contributed by atoms with Crippen molar-refractivity contribution >= 4 is 10.0 Å². The lowest BCUT2D eigenvalue weighted by Gasteiger charge is -2.12. The van der Waals surface area contributed by atoms with Gasteiger partial charge >= 0.3 is 0 Å². The SMILES string of the molecule is CNS(=O)(=O)c1ccc(Cc2c(F)cccc2F)c(-c2cn(C)cn2)c1. The molecular formula is C18H17F2N3O2S. The van der Waals surface area contributed by atoms with Crippen LogP contribution in [0.15, 0.2) is 53.8 Å². The molecule has 5 nitrogen and oxygen atoms in total. The molecule has 0 saturated carbocycles. The van der Waals surface area contributed by atoms with Crippen LogP contribution in [0.3, 0.4) is 0 Å². The molecule has 0 unspecified atom stereocenters. The molecule has 1 N–H and O–H groups in total. The molecule has 8 heteroatoms. The third-order valence-electron chi connectivity index (χ3n) is 4.07. The Morgan fingerprint density at radius 3 is 2.42 bits per heavy atom. The van der Waals surface area contributed by atoms with Gasteiger partial charge in [0.05, 0.1) is 16.9 Å². The Morgan fingerprint density at radius 1 is 1.15 bits per heavy atom. The predicted molar refractivity (Wildman–Crippen MR) is 94.1 cm³/mol. The summed E-state index contributed by atoms with van der Waals surface area (Å²) in [5.41, 5.74) is 1.52. The zero-order chi connectivity index (χ0) is 18.9. The molecule has 0 aliphatic heterocycles. The second-order valence-electron chi connectivity index (χ2n) is 5.83. The maximum absolute atomic E-state index is 14.0. The summed E-state index contributed by atoms with van der Waals surface area (Å²) in [4.78, 5) is 4.30. The van der Waals surface area contributed by atoms with Gasteiger partial charge in [0.1, 0.15) is 11.6 Å². The van der Waals surface area contributed by atoms with Crippen molar-refractivity contribution in [2.24, 2.45) is 7.05 Å². The molecule has 0 aliphatic rings. The average Bonchev–Trinajstić information content (AvgIpc) is 3.04. The molecule has 0 bridgehead atoms. The molecule has 3 rings (SSSR count). The maximum atomic E-state index is 14.0. The third-order valence-corrected chi connectivity index (χ3v) is 5.48. The lowest BCUT2D eigenvalue weighted by molar-refractivity contribution is 0.561. The zero-order valence-corrected chi connectivity index (χ0v) is 15.0. The molecule has 26 heavy (non-hydrogen) atoms. The van der Waals surface area contributed by atoms with Crippen molar-refractivity contribution in [1.29, 1.82) is 0 Å². The second-order valence-corrected chi connectivity index (χ2v) is 7.71. The van der Waals surface area contributed by atoms with Gasteiger partial charge in [-0.2, -0.15) is 0 Å². The molecule has 0 atom stereocenters. The van der Waals surface area contributed by atoms with E-state index in [9.17, 15) is 17.2 Å². The van der Waals surface area contributed by atoms with E-state index in [0.29, 0.717) is 16.8 Å². The minimum Gasteiger partial charge on any atom is -0.340 e. The van der Waals surface area contributed by atoms with Gasteiger partial charge < -0.3 is 4.57 Å². The Kier molecular flexibility index (Phi) is 4.88. The highest BCUT2D eigenvalue weighted by atomic mass is 32.2. The number of sulfonamides is 1. The summed E-state index contributed by atoms with van der Waals surface area (Å²) >= 11 is 0. The Hall–Kier alpha value is -2.58. The summed E-state index contributed by atoms with van der Waals surface area (Å²) in [5, 5.41) is 0. The Labute approximate surface area is 150 Å². The molecule has 1 heterocycles. The summed E-state index contributed by atoms with van der Waals surface area (Å²) in [5.74, 6) is -1.30. The third kappa shape index (κ3) is 3.51. The van der Waals surface area contributed by atoms with E-state index in [1.807, 2.05) is 0 Å². The number of hydrogen-bond acceptors (Lipinski definition) is 3.